The number of amides is 1. The molecule has 0 aromatic heterocycles. The van der Waals surface area contributed by atoms with Crippen LogP contribution in [0.1, 0.15) is 36.2 Å². The molecule has 2 rings (SSSR count). The van der Waals surface area contributed by atoms with E-state index in [-0.39, 0.29) is 5.91 Å². The SMILES string of the molecule is CCCOc1c(I)cc(/C=N\NC(=O)c2cc(Br)ccc2OC)cc1OCC. The van der Waals surface area contributed by atoms with Crippen molar-refractivity contribution in [2.45, 2.75) is 20.3 Å². The van der Waals surface area contributed by atoms with Crippen LogP contribution in [0.15, 0.2) is 39.9 Å². The first-order valence-corrected chi connectivity index (χ1v) is 10.6. The first-order valence-electron chi connectivity index (χ1n) is 8.76. The van der Waals surface area contributed by atoms with Crippen molar-refractivity contribution < 1.29 is 19.0 Å². The smallest absolute Gasteiger partial charge is 0.275 e. The monoisotopic (exact) mass is 560 g/mol. The number of hydrazone groups is 1. The molecule has 0 saturated heterocycles. The molecule has 150 valence electrons. The predicted molar refractivity (Wildman–Crippen MR) is 122 cm³/mol. The standard InChI is InChI=1S/C20H22BrIN2O4/c1-4-8-28-19-16(22)9-13(10-18(19)27-5-2)12-23-24-20(25)15-11-14(21)6-7-17(15)26-3/h6-7,9-12H,4-5,8H2,1-3H3,(H,24,25)/b23-12-. The van der Waals surface area contributed by atoms with Gasteiger partial charge in [-0.25, -0.2) is 5.43 Å². The summed E-state index contributed by atoms with van der Waals surface area (Å²) in [6.45, 7) is 5.12. The molecule has 0 heterocycles. The van der Waals surface area contributed by atoms with Crippen molar-refractivity contribution >= 4 is 50.6 Å². The van der Waals surface area contributed by atoms with Crippen molar-refractivity contribution in [1.29, 1.82) is 0 Å². The molecule has 0 fully saturated rings. The van der Waals surface area contributed by atoms with Crippen LogP contribution < -0.4 is 19.6 Å². The Bertz CT molecular complexity index is 858. The Hall–Kier alpha value is -1.81. The summed E-state index contributed by atoms with van der Waals surface area (Å²) in [4.78, 5) is 12.4. The van der Waals surface area contributed by atoms with E-state index >= 15 is 0 Å². The van der Waals surface area contributed by atoms with Gasteiger partial charge in [0.1, 0.15) is 5.75 Å². The van der Waals surface area contributed by atoms with Gasteiger partial charge in [0.05, 0.1) is 35.7 Å². The lowest BCUT2D eigenvalue weighted by atomic mass is 10.2. The van der Waals surface area contributed by atoms with Gasteiger partial charge in [-0.2, -0.15) is 5.10 Å². The number of nitrogens with zero attached hydrogens (tertiary/aromatic N) is 1. The second-order valence-corrected chi connectivity index (χ2v) is 7.73. The number of rotatable bonds is 9. The second-order valence-electron chi connectivity index (χ2n) is 5.66. The van der Waals surface area contributed by atoms with Gasteiger partial charge in [0.2, 0.25) is 0 Å². The quantitative estimate of drug-likeness (QED) is 0.266. The second kappa shape index (κ2) is 11.3. The van der Waals surface area contributed by atoms with Crippen molar-refractivity contribution in [3.05, 3.63) is 49.5 Å². The molecule has 2 aromatic rings. The van der Waals surface area contributed by atoms with E-state index in [4.69, 9.17) is 14.2 Å². The van der Waals surface area contributed by atoms with E-state index in [0.717, 1.165) is 25.8 Å². The van der Waals surface area contributed by atoms with Gasteiger partial charge in [0.15, 0.2) is 11.5 Å². The number of hydrogen-bond donors (Lipinski definition) is 1. The normalized spacial score (nSPS) is 10.8. The molecular weight excluding hydrogens is 539 g/mol. The molecule has 0 radical (unpaired) electrons. The summed E-state index contributed by atoms with van der Waals surface area (Å²) in [6.07, 6.45) is 2.48. The maximum absolute atomic E-state index is 12.4. The van der Waals surface area contributed by atoms with E-state index in [1.54, 1.807) is 24.4 Å². The van der Waals surface area contributed by atoms with E-state index in [1.165, 1.54) is 7.11 Å². The number of carbonyl (C=O) groups is 1. The molecule has 0 spiro atoms. The molecule has 1 amide bonds. The van der Waals surface area contributed by atoms with Gasteiger partial charge >= 0.3 is 0 Å². The van der Waals surface area contributed by atoms with Gasteiger partial charge < -0.3 is 14.2 Å². The fourth-order valence-corrected chi connectivity index (χ4v) is 3.50. The minimum atomic E-state index is -0.364. The Kier molecular flexibility index (Phi) is 9.04. The highest BCUT2D eigenvalue weighted by molar-refractivity contribution is 14.1. The first-order chi connectivity index (χ1) is 13.5. The van der Waals surface area contributed by atoms with Crippen LogP contribution in [0.2, 0.25) is 0 Å². The lowest BCUT2D eigenvalue weighted by Gasteiger charge is -2.14. The zero-order valence-electron chi connectivity index (χ0n) is 15.9. The lowest BCUT2D eigenvalue weighted by molar-refractivity contribution is 0.0952. The molecule has 0 aliphatic heterocycles. The van der Waals surface area contributed by atoms with Crippen LogP contribution in [-0.4, -0.2) is 32.4 Å². The third-order valence-electron chi connectivity index (χ3n) is 3.57. The van der Waals surface area contributed by atoms with Gasteiger partial charge in [-0.05, 0) is 71.8 Å². The van der Waals surface area contributed by atoms with Crippen molar-refractivity contribution in [3.63, 3.8) is 0 Å². The Morgan fingerprint density at radius 3 is 2.68 bits per heavy atom. The minimum absolute atomic E-state index is 0.364. The highest BCUT2D eigenvalue weighted by Gasteiger charge is 2.13. The average Bonchev–Trinajstić information content (AvgIpc) is 2.67. The molecule has 2 aromatic carbocycles. The topological polar surface area (TPSA) is 69.2 Å². The summed E-state index contributed by atoms with van der Waals surface area (Å²) < 4.78 is 18.4. The molecule has 6 nitrogen and oxygen atoms in total. The number of methoxy groups -OCH3 is 1. The fourth-order valence-electron chi connectivity index (χ4n) is 2.35. The van der Waals surface area contributed by atoms with Crippen LogP contribution in [0.3, 0.4) is 0 Å². The number of halogens is 2. The molecule has 0 aliphatic rings. The molecule has 0 saturated carbocycles. The van der Waals surface area contributed by atoms with Crippen molar-refractivity contribution in [1.82, 2.24) is 5.43 Å². The Labute approximate surface area is 186 Å². The summed E-state index contributed by atoms with van der Waals surface area (Å²) in [5, 5.41) is 4.06. The molecule has 0 unspecified atom stereocenters. The van der Waals surface area contributed by atoms with Crippen LogP contribution in [0.5, 0.6) is 17.2 Å². The van der Waals surface area contributed by atoms with Crippen LogP contribution >= 0.6 is 38.5 Å². The average molecular weight is 561 g/mol. The van der Waals surface area contributed by atoms with E-state index < -0.39 is 0 Å². The Morgan fingerprint density at radius 1 is 1.21 bits per heavy atom. The summed E-state index contributed by atoms with van der Waals surface area (Å²) in [7, 11) is 1.52. The molecular formula is C20H22BrIN2O4. The lowest BCUT2D eigenvalue weighted by Crippen LogP contribution is -2.18. The Morgan fingerprint density at radius 2 is 2.00 bits per heavy atom. The minimum Gasteiger partial charge on any atom is -0.496 e. The number of hydrogen-bond acceptors (Lipinski definition) is 5. The third-order valence-corrected chi connectivity index (χ3v) is 4.86. The summed E-state index contributed by atoms with van der Waals surface area (Å²) in [5.74, 6) is 1.49. The molecule has 0 aliphatic carbocycles. The highest BCUT2D eigenvalue weighted by Crippen LogP contribution is 2.34. The first kappa shape index (κ1) is 22.5. The van der Waals surface area contributed by atoms with Gasteiger partial charge in [-0.15, -0.1) is 0 Å². The maximum atomic E-state index is 12.4. The van der Waals surface area contributed by atoms with Gasteiger partial charge in [-0.3, -0.25) is 4.79 Å². The maximum Gasteiger partial charge on any atom is 0.275 e. The van der Waals surface area contributed by atoms with E-state index in [9.17, 15) is 4.79 Å². The van der Waals surface area contributed by atoms with Crippen LogP contribution in [0.4, 0.5) is 0 Å². The number of benzene rings is 2. The molecule has 28 heavy (non-hydrogen) atoms. The van der Waals surface area contributed by atoms with E-state index in [2.05, 4.69) is 56.0 Å². The van der Waals surface area contributed by atoms with Gasteiger partial charge in [0, 0.05) is 4.47 Å². The van der Waals surface area contributed by atoms with Crippen LogP contribution in [-0.2, 0) is 0 Å². The molecule has 1 N–H and O–H groups in total. The summed E-state index contributed by atoms with van der Waals surface area (Å²) >= 11 is 5.56. The van der Waals surface area contributed by atoms with Gasteiger partial charge in [0.25, 0.3) is 5.91 Å². The molecule has 0 atom stereocenters. The summed E-state index contributed by atoms with van der Waals surface area (Å²) in [6, 6.07) is 8.96. The fraction of sp³-hybridized carbons (Fsp3) is 0.300. The molecule has 8 heteroatoms. The zero-order chi connectivity index (χ0) is 20.5. The Balaban J connectivity index is 2.17. The number of carbonyl (C=O) groups excluding carboxylic acids is 1. The van der Waals surface area contributed by atoms with E-state index in [0.29, 0.717) is 30.3 Å². The zero-order valence-corrected chi connectivity index (χ0v) is 19.7. The number of nitrogens with one attached hydrogen (secondary N) is 1. The summed E-state index contributed by atoms with van der Waals surface area (Å²) in [5.41, 5.74) is 3.71. The highest BCUT2D eigenvalue weighted by atomic mass is 127. The molecule has 0 bridgehead atoms. The van der Waals surface area contributed by atoms with E-state index in [1.807, 2.05) is 19.1 Å². The van der Waals surface area contributed by atoms with Crippen molar-refractivity contribution in [2.75, 3.05) is 20.3 Å². The predicted octanol–water partition coefficient (Wildman–Crippen LogP) is 5.01. The van der Waals surface area contributed by atoms with Crippen molar-refractivity contribution in [3.8, 4) is 17.2 Å². The van der Waals surface area contributed by atoms with Gasteiger partial charge in [-0.1, -0.05) is 22.9 Å². The van der Waals surface area contributed by atoms with Crippen LogP contribution in [0.25, 0.3) is 0 Å². The van der Waals surface area contributed by atoms with Crippen molar-refractivity contribution in [2.24, 2.45) is 5.10 Å². The number of ether oxygens (including phenoxy) is 3. The largest absolute Gasteiger partial charge is 0.496 e. The van der Waals surface area contributed by atoms with Crippen LogP contribution in [0, 0.1) is 3.57 Å². The third kappa shape index (κ3) is 6.10.